The van der Waals surface area contributed by atoms with Crippen molar-refractivity contribution < 1.29 is 24.5 Å². The van der Waals surface area contributed by atoms with Gasteiger partial charge in [0.1, 0.15) is 11.3 Å². The van der Waals surface area contributed by atoms with Gasteiger partial charge in [0.25, 0.3) is 0 Å². The molecule has 0 aliphatic carbocycles. The average molecular weight is 874 g/mol. The topological polar surface area (TPSA) is 51.8 Å². The van der Waals surface area contributed by atoms with Crippen LogP contribution in [0, 0.1) is 26.0 Å². The second-order valence-corrected chi connectivity index (χ2v) is 12.9. The quantitative estimate of drug-likeness (QED) is 0.156. The Bertz CT molecular complexity index is 2580. The molecule has 4 nitrogen and oxygen atoms in total. The van der Waals surface area contributed by atoms with Crippen LogP contribution in [0.1, 0.15) is 11.1 Å². The summed E-state index contributed by atoms with van der Waals surface area (Å²) in [6.07, 6.45) is 7.25. The van der Waals surface area contributed by atoms with Crippen LogP contribution in [0.3, 0.4) is 0 Å². The first-order valence-corrected chi connectivity index (χ1v) is 17.6. The van der Waals surface area contributed by atoms with Gasteiger partial charge in [-0.25, -0.2) is 0 Å². The number of aromatic nitrogens is 3. The first-order valence-electron chi connectivity index (χ1n) is 17.6. The molecule has 0 amide bonds. The van der Waals surface area contributed by atoms with Crippen LogP contribution in [0.5, 0.6) is 0 Å². The molecular formula is C49H35IrN3O-2. The molecule has 0 unspecified atom stereocenters. The van der Waals surface area contributed by atoms with E-state index in [4.69, 9.17) is 4.42 Å². The molecule has 0 spiro atoms. The number of furan rings is 1. The molecule has 9 aromatic rings. The van der Waals surface area contributed by atoms with E-state index in [1.807, 2.05) is 91.4 Å². The third-order valence-corrected chi connectivity index (χ3v) is 9.11. The molecule has 0 saturated heterocycles. The standard InChI is InChI=1S/C32H23N2O.C17H12N.Ir/c1-21-5-3-6-23(15-21)28-10-8-25(30-16-22(2)12-14-34-30)18-29(28)24-9-11-31-27(17-24)19-32(35-31)26-7-4-13-33-20-26;1-2-8-14(9-3-1)15-10-4-5-11-16(15)17-12-6-7-13-18-17;/h3-7,9-20H,1-2H3;1-10,12-13H;/q2*-1;. The molecule has 9 rings (SSSR count). The number of pyridine rings is 3. The van der Waals surface area contributed by atoms with Gasteiger partial charge in [-0.1, -0.05) is 118 Å². The molecule has 0 aliphatic rings. The largest absolute Gasteiger partial charge is 0.456 e. The van der Waals surface area contributed by atoms with Crippen LogP contribution < -0.4 is 0 Å². The van der Waals surface area contributed by atoms with Crippen molar-refractivity contribution in [1.82, 2.24) is 15.0 Å². The smallest absolute Gasteiger partial charge is 0.136 e. The van der Waals surface area contributed by atoms with Gasteiger partial charge in [-0.15, -0.1) is 53.6 Å². The van der Waals surface area contributed by atoms with E-state index in [1.165, 1.54) is 22.3 Å². The van der Waals surface area contributed by atoms with Gasteiger partial charge in [0.05, 0.1) is 0 Å². The first-order chi connectivity index (χ1) is 26.1. The van der Waals surface area contributed by atoms with E-state index in [9.17, 15) is 0 Å². The molecule has 4 heterocycles. The Morgan fingerprint density at radius 1 is 0.519 bits per heavy atom. The number of rotatable bonds is 6. The average Bonchev–Trinajstić information content (AvgIpc) is 3.66. The molecule has 4 aromatic heterocycles. The molecular weight excluding hydrogens is 839 g/mol. The summed E-state index contributed by atoms with van der Waals surface area (Å²) >= 11 is 0. The number of benzene rings is 5. The van der Waals surface area contributed by atoms with E-state index in [1.54, 1.807) is 6.20 Å². The fourth-order valence-corrected chi connectivity index (χ4v) is 6.49. The maximum atomic E-state index is 6.13. The summed E-state index contributed by atoms with van der Waals surface area (Å²) in [7, 11) is 0. The minimum Gasteiger partial charge on any atom is -0.456 e. The van der Waals surface area contributed by atoms with Crippen LogP contribution in [-0.2, 0) is 20.1 Å². The zero-order chi connectivity index (χ0) is 36.0. The van der Waals surface area contributed by atoms with Gasteiger partial charge < -0.3 is 14.4 Å². The van der Waals surface area contributed by atoms with Gasteiger partial charge in [0, 0.05) is 55.8 Å². The summed E-state index contributed by atoms with van der Waals surface area (Å²) < 4.78 is 6.13. The summed E-state index contributed by atoms with van der Waals surface area (Å²) in [5, 5.41) is 1.06. The number of nitrogens with zero attached hydrogens (tertiary/aromatic N) is 3. The third-order valence-electron chi connectivity index (χ3n) is 9.11. The molecule has 0 N–H and O–H groups in total. The summed E-state index contributed by atoms with van der Waals surface area (Å²) in [5.41, 5.74) is 15.0. The molecule has 263 valence electrons. The van der Waals surface area contributed by atoms with Crippen LogP contribution in [-0.4, -0.2) is 15.0 Å². The zero-order valence-electron chi connectivity index (χ0n) is 29.8. The van der Waals surface area contributed by atoms with E-state index in [0.717, 1.165) is 67.1 Å². The van der Waals surface area contributed by atoms with E-state index in [2.05, 4.69) is 120 Å². The molecule has 5 aromatic carbocycles. The van der Waals surface area contributed by atoms with Crippen LogP contribution in [0.15, 0.2) is 181 Å². The van der Waals surface area contributed by atoms with Gasteiger partial charge in [0.2, 0.25) is 0 Å². The first kappa shape index (κ1) is 36.1. The Morgan fingerprint density at radius 3 is 2.11 bits per heavy atom. The van der Waals surface area contributed by atoms with Crippen LogP contribution in [0.2, 0.25) is 0 Å². The van der Waals surface area contributed by atoms with E-state index in [0.29, 0.717) is 0 Å². The molecule has 0 saturated carbocycles. The number of aryl methyl sites for hydroxylation is 2. The van der Waals surface area contributed by atoms with E-state index in [-0.39, 0.29) is 20.1 Å². The van der Waals surface area contributed by atoms with Gasteiger partial charge in [-0.05, 0) is 73.3 Å². The van der Waals surface area contributed by atoms with Crippen molar-refractivity contribution in [3.05, 3.63) is 200 Å². The van der Waals surface area contributed by atoms with Crippen LogP contribution >= 0.6 is 0 Å². The SMILES string of the molecule is Cc1cccc(-c2c[c-]c(-c3cc(C)ccn3)cc2-c2ccc3oc(-c4cccnc4)cc3c2)c1.[Ir].[c-]1cccc(-c2ccccc2)c1-c1ccccn1. The maximum absolute atomic E-state index is 6.13. The Balaban J connectivity index is 0.000000200. The Labute approximate surface area is 329 Å². The maximum Gasteiger partial charge on any atom is 0.136 e. The van der Waals surface area contributed by atoms with Crippen molar-refractivity contribution >= 4 is 11.0 Å². The van der Waals surface area contributed by atoms with Gasteiger partial charge in [-0.3, -0.25) is 4.98 Å². The number of fused-ring (bicyclic) bond motifs is 1. The fraction of sp³-hybridized carbons (Fsp3) is 0.0408. The van der Waals surface area contributed by atoms with Crippen molar-refractivity contribution in [3.63, 3.8) is 0 Å². The van der Waals surface area contributed by atoms with E-state index >= 15 is 0 Å². The van der Waals surface area contributed by atoms with Crippen LogP contribution in [0.4, 0.5) is 0 Å². The predicted octanol–water partition coefficient (Wildman–Crippen LogP) is 12.5. The minimum absolute atomic E-state index is 0. The van der Waals surface area contributed by atoms with Crippen molar-refractivity contribution in [3.8, 4) is 67.2 Å². The monoisotopic (exact) mass is 874 g/mol. The Kier molecular flexibility index (Phi) is 11.1. The molecule has 5 heteroatoms. The second-order valence-electron chi connectivity index (χ2n) is 12.9. The second kappa shape index (κ2) is 16.6. The summed E-state index contributed by atoms with van der Waals surface area (Å²) in [6.45, 7) is 4.20. The van der Waals surface area contributed by atoms with E-state index < -0.39 is 0 Å². The summed E-state index contributed by atoms with van der Waals surface area (Å²) in [6, 6.07) is 58.5. The molecule has 1 radical (unpaired) electrons. The molecule has 0 bridgehead atoms. The summed E-state index contributed by atoms with van der Waals surface area (Å²) in [4.78, 5) is 13.2. The number of hydrogen-bond donors (Lipinski definition) is 0. The van der Waals surface area contributed by atoms with Gasteiger partial charge in [0.15, 0.2) is 0 Å². The Hall–Kier alpha value is -6.26. The van der Waals surface area contributed by atoms with Crippen molar-refractivity contribution in [2.24, 2.45) is 0 Å². The summed E-state index contributed by atoms with van der Waals surface area (Å²) in [5.74, 6) is 0.815. The predicted molar refractivity (Wildman–Crippen MR) is 216 cm³/mol. The zero-order valence-corrected chi connectivity index (χ0v) is 32.2. The molecule has 0 aliphatic heterocycles. The van der Waals surface area contributed by atoms with Crippen molar-refractivity contribution in [1.29, 1.82) is 0 Å². The fourth-order valence-electron chi connectivity index (χ4n) is 6.49. The third kappa shape index (κ3) is 8.04. The minimum atomic E-state index is 0. The van der Waals surface area contributed by atoms with Crippen molar-refractivity contribution in [2.45, 2.75) is 13.8 Å². The molecule has 0 atom stereocenters. The van der Waals surface area contributed by atoms with Gasteiger partial charge in [-0.2, -0.15) is 0 Å². The van der Waals surface area contributed by atoms with Crippen LogP contribution in [0.25, 0.3) is 78.2 Å². The number of hydrogen-bond acceptors (Lipinski definition) is 4. The van der Waals surface area contributed by atoms with Gasteiger partial charge >= 0.3 is 0 Å². The normalized spacial score (nSPS) is 10.6. The van der Waals surface area contributed by atoms with Crippen molar-refractivity contribution in [2.75, 3.05) is 0 Å². The molecule has 54 heavy (non-hydrogen) atoms. The molecule has 0 fully saturated rings. The Morgan fingerprint density at radius 2 is 1.31 bits per heavy atom.